The van der Waals surface area contributed by atoms with Crippen LogP contribution in [0.3, 0.4) is 0 Å². The van der Waals surface area contributed by atoms with Crippen molar-refractivity contribution in [3.05, 3.63) is 45.4 Å². The number of hydrogen-bond donors (Lipinski definition) is 2. The van der Waals surface area contributed by atoms with Gasteiger partial charge in [-0.05, 0) is 49.5 Å². The maximum Gasteiger partial charge on any atom is 0.216 e. The summed E-state index contributed by atoms with van der Waals surface area (Å²) in [6.07, 6.45) is 8.01. The summed E-state index contributed by atoms with van der Waals surface area (Å²) in [5, 5.41) is 15.6. The number of hydrogen-bond acceptors (Lipinski definition) is 3. The first-order chi connectivity index (χ1) is 12.9. The molecule has 2 saturated carbocycles. The van der Waals surface area contributed by atoms with Crippen molar-refractivity contribution in [1.82, 2.24) is 14.8 Å². The van der Waals surface area contributed by atoms with E-state index in [-0.39, 0.29) is 0 Å². The molecule has 2 fully saturated rings. The van der Waals surface area contributed by atoms with Gasteiger partial charge >= 0.3 is 0 Å². The van der Waals surface area contributed by atoms with Crippen LogP contribution in [0.2, 0.25) is 5.02 Å². The first-order valence-electron chi connectivity index (χ1n) is 9.72. The van der Waals surface area contributed by atoms with Crippen molar-refractivity contribution in [3.8, 4) is 0 Å². The monoisotopic (exact) mass is 425 g/mol. The highest BCUT2D eigenvalue weighted by molar-refractivity contribution is 7.71. The van der Waals surface area contributed by atoms with Gasteiger partial charge in [0, 0.05) is 17.4 Å². The molecule has 0 spiro atoms. The first kappa shape index (κ1) is 19.4. The minimum absolute atomic E-state index is 0.292. The fourth-order valence-electron chi connectivity index (χ4n) is 4.19. The number of benzene rings is 1. The third-order valence-electron chi connectivity index (χ3n) is 6.07. The van der Waals surface area contributed by atoms with E-state index in [0.29, 0.717) is 28.7 Å². The second-order valence-corrected chi connectivity index (χ2v) is 9.57. The molecule has 2 aliphatic rings. The van der Waals surface area contributed by atoms with Crippen LogP contribution >= 0.6 is 35.4 Å². The number of halogens is 2. The van der Waals surface area contributed by atoms with Crippen LogP contribution in [0, 0.1) is 4.77 Å². The molecule has 4 rings (SSSR count). The SMILES string of the molecule is OC(Cc1ccccc1Cl)(Cn1[nH]c(C2CCCCC2)nc1=S)C1(Cl)CC1. The van der Waals surface area contributed by atoms with Crippen LogP contribution in [-0.2, 0) is 13.0 Å². The molecular weight excluding hydrogens is 401 g/mol. The van der Waals surface area contributed by atoms with Crippen LogP contribution < -0.4 is 0 Å². The van der Waals surface area contributed by atoms with Crippen molar-refractivity contribution >= 4 is 35.4 Å². The van der Waals surface area contributed by atoms with Gasteiger partial charge in [-0.25, -0.2) is 4.98 Å². The molecule has 2 N–H and O–H groups in total. The minimum Gasteiger partial charge on any atom is -0.386 e. The largest absolute Gasteiger partial charge is 0.386 e. The van der Waals surface area contributed by atoms with Gasteiger partial charge in [0.1, 0.15) is 11.4 Å². The highest BCUT2D eigenvalue weighted by Gasteiger charge is 2.58. The Morgan fingerprint density at radius 3 is 2.63 bits per heavy atom. The van der Waals surface area contributed by atoms with Crippen LogP contribution in [0.1, 0.15) is 62.3 Å². The number of H-pyrrole nitrogens is 1. The van der Waals surface area contributed by atoms with E-state index < -0.39 is 10.5 Å². The van der Waals surface area contributed by atoms with E-state index in [4.69, 9.17) is 35.4 Å². The van der Waals surface area contributed by atoms with Gasteiger partial charge in [0.15, 0.2) is 0 Å². The highest BCUT2D eigenvalue weighted by Crippen LogP contribution is 2.53. The molecule has 1 unspecified atom stereocenters. The molecule has 0 amide bonds. The lowest BCUT2D eigenvalue weighted by Gasteiger charge is -2.33. The molecule has 1 aromatic heterocycles. The van der Waals surface area contributed by atoms with Crippen molar-refractivity contribution in [2.24, 2.45) is 0 Å². The lowest BCUT2D eigenvalue weighted by Crippen LogP contribution is -2.47. The summed E-state index contributed by atoms with van der Waals surface area (Å²) in [6, 6.07) is 7.60. The molecule has 0 aliphatic heterocycles. The third kappa shape index (κ3) is 3.98. The Morgan fingerprint density at radius 1 is 1.26 bits per heavy atom. The molecule has 1 heterocycles. The summed E-state index contributed by atoms with van der Waals surface area (Å²) in [5.41, 5.74) is -0.249. The molecule has 4 nitrogen and oxygen atoms in total. The quantitative estimate of drug-likeness (QED) is 0.481. The molecule has 0 saturated heterocycles. The molecule has 2 aliphatic carbocycles. The fraction of sp³-hybridized carbons (Fsp3) is 0.600. The zero-order chi connectivity index (χ0) is 19.1. The lowest BCUT2D eigenvalue weighted by atomic mass is 9.88. The van der Waals surface area contributed by atoms with Crippen LogP contribution in [0.15, 0.2) is 24.3 Å². The molecule has 2 aromatic rings. The third-order valence-corrected chi connectivity index (χ3v) is 7.48. The maximum atomic E-state index is 11.6. The van der Waals surface area contributed by atoms with Gasteiger partial charge in [0.2, 0.25) is 4.77 Å². The van der Waals surface area contributed by atoms with Crippen LogP contribution in [0.4, 0.5) is 0 Å². The van der Waals surface area contributed by atoms with Crippen molar-refractivity contribution in [2.75, 3.05) is 0 Å². The number of aromatic amines is 1. The zero-order valence-electron chi connectivity index (χ0n) is 15.3. The number of nitrogens with zero attached hydrogens (tertiary/aromatic N) is 2. The lowest BCUT2D eigenvalue weighted by molar-refractivity contribution is 0.00717. The maximum absolute atomic E-state index is 11.6. The topological polar surface area (TPSA) is 53.8 Å². The van der Waals surface area contributed by atoms with Crippen molar-refractivity contribution in [2.45, 2.75) is 74.3 Å². The van der Waals surface area contributed by atoms with Gasteiger partial charge in [-0.3, -0.25) is 9.78 Å². The number of aromatic nitrogens is 3. The number of rotatable bonds is 6. The molecule has 146 valence electrons. The van der Waals surface area contributed by atoms with Crippen LogP contribution in [0.25, 0.3) is 0 Å². The average Bonchev–Trinajstić information content (AvgIpc) is 3.33. The molecule has 27 heavy (non-hydrogen) atoms. The summed E-state index contributed by atoms with van der Waals surface area (Å²) < 4.78 is 2.27. The predicted octanol–water partition coefficient (Wildman–Crippen LogP) is 5.39. The Morgan fingerprint density at radius 2 is 1.96 bits per heavy atom. The Hall–Kier alpha value is -0.880. The van der Waals surface area contributed by atoms with E-state index >= 15 is 0 Å². The van der Waals surface area contributed by atoms with E-state index in [1.165, 1.54) is 19.3 Å². The van der Waals surface area contributed by atoms with Gasteiger partial charge in [0.25, 0.3) is 0 Å². The van der Waals surface area contributed by atoms with E-state index in [0.717, 1.165) is 37.1 Å². The van der Waals surface area contributed by atoms with Gasteiger partial charge in [-0.2, -0.15) is 0 Å². The van der Waals surface area contributed by atoms with Crippen LogP contribution in [0.5, 0.6) is 0 Å². The van der Waals surface area contributed by atoms with E-state index in [1.54, 1.807) is 4.68 Å². The van der Waals surface area contributed by atoms with Gasteiger partial charge in [0.05, 0.1) is 11.4 Å². The standard InChI is InChI=1S/C20H25Cl2N3OS/c21-16-9-5-4-8-15(16)12-20(26,19(22)10-11-19)13-25-18(27)23-17(24-25)14-6-2-1-3-7-14/h4-5,8-9,14,26H,1-3,6-7,10-13H2,(H,23,24,27). The van der Waals surface area contributed by atoms with E-state index in [1.807, 2.05) is 24.3 Å². The van der Waals surface area contributed by atoms with Gasteiger partial charge in [-0.1, -0.05) is 49.1 Å². The molecule has 7 heteroatoms. The fourth-order valence-corrected chi connectivity index (χ4v) is 4.82. The summed E-state index contributed by atoms with van der Waals surface area (Å²) in [5.74, 6) is 1.38. The molecule has 0 radical (unpaired) electrons. The Balaban J connectivity index is 1.60. The second kappa shape index (κ2) is 7.51. The average molecular weight is 426 g/mol. The normalized spacial score (nSPS) is 21.7. The summed E-state index contributed by atoms with van der Waals surface area (Å²) in [6.45, 7) is 0.292. The summed E-state index contributed by atoms with van der Waals surface area (Å²) >= 11 is 18.6. The Bertz CT molecular complexity index is 870. The Kier molecular flexibility index (Phi) is 5.40. The first-order valence-corrected chi connectivity index (χ1v) is 10.9. The smallest absolute Gasteiger partial charge is 0.216 e. The van der Waals surface area contributed by atoms with E-state index in [9.17, 15) is 5.11 Å². The zero-order valence-corrected chi connectivity index (χ0v) is 17.6. The summed E-state index contributed by atoms with van der Waals surface area (Å²) in [4.78, 5) is 3.95. The van der Waals surface area contributed by atoms with Crippen molar-refractivity contribution in [1.29, 1.82) is 0 Å². The number of alkyl halides is 1. The highest BCUT2D eigenvalue weighted by atomic mass is 35.5. The Labute approximate surface area is 174 Å². The molecular formula is C20H25Cl2N3OS. The van der Waals surface area contributed by atoms with Crippen molar-refractivity contribution < 1.29 is 5.11 Å². The second-order valence-electron chi connectivity index (χ2n) is 8.08. The number of aliphatic hydroxyl groups is 1. The van der Waals surface area contributed by atoms with E-state index in [2.05, 4.69) is 10.1 Å². The molecule has 0 bridgehead atoms. The molecule has 1 aromatic carbocycles. The number of nitrogens with one attached hydrogen (secondary N) is 1. The van der Waals surface area contributed by atoms with Gasteiger partial charge < -0.3 is 5.11 Å². The minimum atomic E-state index is -1.14. The summed E-state index contributed by atoms with van der Waals surface area (Å²) in [7, 11) is 0. The van der Waals surface area contributed by atoms with Crippen molar-refractivity contribution in [3.63, 3.8) is 0 Å². The predicted molar refractivity (Wildman–Crippen MR) is 111 cm³/mol. The van der Waals surface area contributed by atoms with Crippen LogP contribution in [-0.4, -0.2) is 30.3 Å². The van der Waals surface area contributed by atoms with Gasteiger partial charge in [-0.15, -0.1) is 11.6 Å². The molecule has 1 atom stereocenters.